The van der Waals surface area contributed by atoms with Gasteiger partial charge in [0.05, 0.1) is 5.02 Å². The van der Waals surface area contributed by atoms with Gasteiger partial charge >= 0.3 is 0 Å². The highest BCUT2D eigenvalue weighted by molar-refractivity contribution is 6.35. The largest absolute Gasteiger partial charge is 0.366 e. The van der Waals surface area contributed by atoms with Gasteiger partial charge in [0.25, 0.3) is 5.91 Å². The Morgan fingerprint density at radius 3 is 2.28 bits per heavy atom. The second-order valence-electron chi connectivity index (χ2n) is 5.87. The molecule has 0 saturated heterocycles. The Kier molecular flexibility index (Phi) is 6.42. The zero-order valence-electron chi connectivity index (χ0n) is 13.9. The molecule has 0 aliphatic heterocycles. The molecule has 7 heteroatoms. The number of hydrogen-bond donors (Lipinski definition) is 3. The van der Waals surface area contributed by atoms with Crippen LogP contribution in [0, 0.1) is 0 Å². The Morgan fingerprint density at radius 1 is 1.08 bits per heavy atom. The Balaban J connectivity index is 1.98. The second-order valence-corrected chi connectivity index (χ2v) is 6.71. The topological polar surface area (TPSA) is 88.8 Å². The molecule has 0 aromatic heterocycles. The number of nitrogens with two attached hydrogens (primary N) is 2. The maximum absolute atomic E-state index is 12.3. The molecule has 5 nitrogen and oxygen atoms in total. The third-order valence-corrected chi connectivity index (χ3v) is 4.44. The van der Waals surface area contributed by atoms with Gasteiger partial charge in [0.1, 0.15) is 6.04 Å². The summed E-state index contributed by atoms with van der Waals surface area (Å²) in [6, 6.07) is 11.4. The van der Waals surface area contributed by atoms with Gasteiger partial charge in [-0.1, -0.05) is 29.3 Å². The predicted octanol–water partition coefficient (Wildman–Crippen LogP) is 2.74. The third-order valence-electron chi connectivity index (χ3n) is 3.88. The molecule has 0 spiro atoms. The van der Waals surface area contributed by atoms with Crippen LogP contribution in [-0.4, -0.2) is 17.9 Å². The van der Waals surface area contributed by atoms with E-state index in [2.05, 4.69) is 5.32 Å². The highest BCUT2D eigenvalue weighted by atomic mass is 35.5. The van der Waals surface area contributed by atoms with Gasteiger partial charge < -0.3 is 16.4 Å². The molecule has 2 aromatic carbocycles. The van der Waals surface area contributed by atoms with Crippen LogP contribution in [0.15, 0.2) is 42.5 Å². The zero-order valence-corrected chi connectivity index (χ0v) is 15.4. The van der Waals surface area contributed by atoms with Gasteiger partial charge in [-0.05, 0) is 50.2 Å². The molecular formula is C18H20Cl2N3O2+. The van der Waals surface area contributed by atoms with E-state index in [-0.39, 0.29) is 18.0 Å². The Bertz CT molecular complexity index is 778. The highest BCUT2D eigenvalue weighted by Crippen LogP contribution is 2.24. The van der Waals surface area contributed by atoms with E-state index < -0.39 is 5.91 Å². The van der Waals surface area contributed by atoms with Crippen LogP contribution in [0.4, 0.5) is 5.69 Å². The molecule has 2 aromatic rings. The van der Waals surface area contributed by atoms with Crippen LogP contribution in [0.25, 0.3) is 0 Å². The minimum atomic E-state index is -0.506. The number of carbonyl (C=O) groups excluding carboxylic acids is 2. The first-order valence-corrected chi connectivity index (χ1v) is 8.54. The van der Waals surface area contributed by atoms with Crippen LogP contribution < -0.4 is 16.4 Å². The molecule has 0 unspecified atom stereocenters. The average Bonchev–Trinajstić information content (AvgIpc) is 2.55. The van der Waals surface area contributed by atoms with E-state index in [9.17, 15) is 9.59 Å². The summed E-state index contributed by atoms with van der Waals surface area (Å²) in [6.45, 7) is 3.79. The minimum absolute atomic E-state index is 0.0113. The van der Waals surface area contributed by atoms with Gasteiger partial charge in [0.2, 0.25) is 5.91 Å². The van der Waals surface area contributed by atoms with Gasteiger partial charge in [0, 0.05) is 21.8 Å². The summed E-state index contributed by atoms with van der Waals surface area (Å²) in [5.41, 5.74) is 7.10. The lowest BCUT2D eigenvalue weighted by atomic mass is 10.1. The number of hydrogen-bond acceptors (Lipinski definition) is 2. The monoisotopic (exact) mass is 380 g/mol. The van der Waals surface area contributed by atoms with Crippen molar-refractivity contribution in [3.8, 4) is 0 Å². The van der Waals surface area contributed by atoms with Crippen LogP contribution in [-0.2, 0) is 4.79 Å². The lowest BCUT2D eigenvalue weighted by molar-refractivity contribution is -0.709. The summed E-state index contributed by atoms with van der Waals surface area (Å²) < 4.78 is 0. The van der Waals surface area contributed by atoms with Crippen molar-refractivity contribution < 1.29 is 14.9 Å². The fourth-order valence-electron chi connectivity index (χ4n) is 2.47. The quantitative estimate of drug-likeness (QED) is 0.718. The molecule has 5 N–H and O–H groups in total. The van der Waals surface area contributed by atoms with Crippen molar-refractivity contribution in [2.45, 2.75) is 25.9 Å². The fraction of sp³-hybridized carbons (Fsp3) is 0.222. The van der Waals surface area contributed by atoms with E-state index in [1.54, 1.807) is 36.4 Å². The first-order valence-electron chi connectivity index (χ1n) is 7.78. The molecule has 2 atom stereocenters. The third kappa shape index (κ3) is 5.19. The highest BCUT2D eigenvalue weighted by Gasteiger charge is 2.22. The van der Waals surface area contributed by atoms with Crippen molar-refractivity contribution in [1.82, 2.24) is 0 Å². The lowest BCUT2D eigenvalue weighted by Gasteiger charge is -2.18. The number of nitrogens with one attached hydrogen (secondary N) is 1. The number of benzene rings is 2. The number of amides is 2. The number of rotatable bonds is 6. The van der Waals surface area contributed by atoms with E-state index in [0.29, 0.717) is 21.3 Å². The van der Waals surface area contributed by atoms with Gasteiger partial charge in [0.15, 0.2) is 6.04 Å². The van der Waals surface area contributed by atoms with Gasteiger partial charge in [-0.2, -0.15) is 0 Å². The normalized spacial score (nSPS) is 13.1. The molecule has 0 aliphatic rings. The van der Waals surface area contributed by atoms with Crippen molar-refractivity contribution >= 4 is 40.7 Å². The van der Waals surface area contributed by atoms with E-state index in [1.165, 1.54) is 0 Å². The molecule has 0 aliphatic carbocycles. The van der Waals surface area contributed by atoms with Crippen LogP contribution in [0.2, 0.25) is 10.0 Å². The molecule has 2 amide bonds. The van der Waals surface area contributed by atoms with E-state index in [1.807, 2.05) is 25.2 Å². The second kappa shape index (κ2) is 8.34. The molecule has 2 rings (SSSR count). The minimum Gasteiger partial charge on any atom is -0.366 e. The van der Waals surface area contributed by atoms with Crippen molar-refractivity contribution in [3.63, 3.8) is 0 Å². The summed E-state index contributed by atoms with van der Waals surface area (Å²) in [5.74, 6) is -0.656. The molecule has 25 heavy (non-hydrogen) atoms. The number of quaternary nitrogens is 1. The van der Waals surface area contributed by atoms with Crippen molar-refractivity contribution in [2.75, 3.05) is 5.32 Å². The SMILES string of the molecule is C[C@@H]([NH2+][C@H](C)c1ccc(Cl)cc1Cl)C(=O)Nc1ccc(C(N)=O)cc1. The molecule has 132 valence electrons. The number of primary amides is 1. The van der Waals surface area contributed by atoms with Crippen LogP contribution in [0.5, 0.6) is 0 Å². The predicted molar refractivity (Wildman–Crippen MR) is 99.9 cm³/mol. The smallest absolute Gasteiger partial charge is 0.282 e. The standard InChI is InChI=1S/C18H19Cl2N3O2/c1-10(15-8-5-13(19)9-16(15)20)22-11(2)18(25)23-14-6-3-12(4-7-14)17(21)24/h3-11,22H,1-2H3,(H2,21,24)(H,23,25)/p+1/t10-,11-/m1/s1. The molecule has 0 bridgehead atoms. The number of carbonyl (C=O) groups is 2. The van der Waals surface area contributed by atoms with E-state index in [4.69, 9.17) is 28.9 Å². The molecule has 0 heterocycles. The van der Waals surface area contributed by atoms with Crippen molar-refractivity contribution in [1.29, 1.82) is 0 Å². The zero-order chi connectivity index (χ0) is 18.6. The van der Waals surface area contributed by atoms with Crippen LogP contribution in [0.3, 0.4) is 0 Å². The molecule has 0 radical (unpaired) electrons. The molecular weight excluding hydrogens is 361 g/mol. The first-order chi connectivity index (χ1) is 11.8. The molecule has 0 saturated carbocycles. The van der Waals surface area contributed by atoms with Crippen molar-refractivity contribution in [3.05, 3.63) is 63.6 Å². The Labute approximate surface area is 156 Å². The van der Waals surface area contributed by atoms with Crippen molar-refractivity contribution in [2.24, 2.45) is 5.73 Å². The van der Waals surface area contributed by atoms with Gasteiger partial charge in [-0.3, -0.25) is 9.59 Å². The van der Waals surface area contributed by atoms with E-state index in [0.717, 1.165) is 5.56 Å². The maximum atomic E-state index is 12.3. The Hall–Kier alpha value is -2.08. The summed E-state index contributed by atoms with van der Waals surface area (Å²) in [6.07, 6.45) is 0. The average molecular weight is 381 g/mol. The maximum Gasteiger partial charge on any atom is 0.282 e. The summed E-state index contributed by atoms with van der Waals surface area (Å²) in [7, 11) is 0. The molecule has 0 fully saturated rings. The lowest BCUT2D eigenvalue weighted by Crippen LogP contribution is -2.91. The number of anilines is 1. The first kappa shape index (κ1) is 19.2. The van der Waals surface area contributed by atoms with Crippen LogP contribution in [0.1, 0.15) is 35.8 Å². The fourth-order valence-corrected chi connectivity index (χ4v) is 3.05. The van der Waals surface area contributed by atoms with Crippen LogP contribution >= 0.6 is 23.2 Å². The Morgan fingerprint density at radius 2 is 1.72 bits per heavy atom. The summed E-state index contributed by atoms with van der Waals surface area (Å²) in [5, 5.41) is 5.88. The number of halogens is 2. The van der Waals surface area contributed by atoms with E-state index >= 15 is 0 Å². The van der Waals surface area contributed by atoms with Gasteiger partial charge in [-0.15, -0.1) is 0 Å². The summed E-state index contributed by atoms with van der Waals surface area (Å²) >= 11 is 12.1. The summed E-state index contributed by atoms with van der Waals surface area (Å²) in [4.78, 5) is 23.4. The van der Waals surface area contributed by atoms with Gasteiger partial charge in [-0.25, -0.2) is 0 Å².